The summed E-state index contributed by atoms with van der Waals surface area (Å²) in [6.45, 7) is 8.98. The van der Waals surface area contributed by atoms with Gasteiger partial charge in [-0.15, -0.1) is 17.9 Å². The average Bonchev–Trinajstić information content (AvgIpc) is 2.44. The van der Waals surface area contributed by atoms with E-state index in [9.17, 15) is 0 Å². The highest BCUT2D eigenvalue weighted by Gasteiger charge is 2.04. The molecule has 0 aliphatic heterocycles. The van der Waals surface area contributed by atoms with E-state index >= 15 is 0 Å². The van der Waals surface area contributed by atoms with Crippen molar-refractivity contribution in [3.05, 3.63) is 32.9 Å². The number of halogens is 1. The molecule has 14 heavy (non-hydrogen) atoms. The van der Waals surface area contributed by atoms with Crippen LogP contribution in [0.4, 0.5) is 0 Å². The number of thiophene rings is 1. The summed E-state index contributed by atoms with van der Waals surface area (Å²) < 4.78 is 1.24. The van der Waals surface area contributed by atoms with E-state index in [1.54, 1.807) is 11.3 Å². The minimum Gasteiger partial charge on any atom is -0.309 e. The molecular formula is C11H16BrNS. The minimum absolute atomic E-state index is 0.508. The summed E-state index contributed by atoms with van der Waals surface area (Å²) in [6, 6.07) is 2.73. The molecule has 1 atom stereocenters. The van der Waals surface area contributed by atoms with Gasteiger partial charge in [0.25, 0.3) is 0 Å². The molecule has 1 nitrogen and oxygen atoms in total. The standard InChI is InChI=1S/C11H16BrNS/c1-4-5-9(3)13-7-10-6-8(2)11(12)14-10/h4,6,9,13H,1,5,7H2,2-3H3. The van der Waals surface area contributed by atoms with Crippen molar-refractivity contribution >= 4 is 27.3 Å². The lowest BCUT2D eigenvalue weighted by Gasteiger charge is -2.09. The van der Waals surface area contributed by atoms with Gasteiger partial charge in [0.15, 0.2) is 0 Å². The number of nitrogens with one attached hydrogen (secondary N) is 1. The van der Waals surface area contributed by atoms with Gasteiger partial charge < -0.3 is 5.32 Å². The van der Waals surface area contributed by atoms with Crippen molar-refractivity contribution in [3.8, 4) is 0 Å². The lowest BCUT2D eigenvalue weighted by molar-refractivity contribution is 0.557. The molecular weight excluding hydrogens is 258 g/mol. The van der Waals surface area contributed by atoms with Gasteiger partial charge in [-0.2, -0.15) is 0 Å². The van der Waals surface area contributed by atoms with E-state index in [0.717, 1.165) is 13.0 Å². The third kappa shape index (κ3) is 3.56. The van der Waals surface area contributed by atoms with Gasteiger partial charge in [0.2, 0.25) is 0 Å². The summed E-state index contributed by atoms with van der Waals surface area (Å²) in [5.74, 6) is 0. The maximum absolute atomic E-state index is 3.73. The molecule has 1 unspecified atom stereocenters. The Labute approximate surface area is 98.4 Å². The van der Waals surface area contributed by atoms with Crippen LogP contribution in [-0.2, 0) is 6.54 Å². The molecule has 1 aromatic heterocycles. The molecule has 0 fully saturated rings. The van der Waals surface area contributed by atoms with Gasteiger partial charge >= 0.3 is 0 Å². The molecule has 1 rings (SSSR count). The molecule has 1 aromatic rings. The zero-order chi connectivity index (χ0) is 10.6. The minimum atomic E-state index is 0.508. The SMILES string of the molecule is C=CCC(C)NCc1cc(C)c(Br)s1. The smallest absolute Gasteiger partial charge is 0.0730 e. The number of hydrogen-bond donors (Lipinski definition) is 1. The van der Waals surface area contributed by atoms with Crippen molar-refractivity contribution in [1.29, 1.82) is 0 Å². The number of aryl methyl sites for hydroxylation is 1. The first-order chi connectivity index (χ1) is 6.63. The highest BCUT2D eigenvalue weighted by molar-refractivity contribution is 9.11. The first-order valence-electron chi connectivity index (χ1n) is 4.72. The Hall–Kier alpha value is -0.120. The van der Waals surface area contributed by atoms with Gasteiger partial charge in [-0.05, 0) is 47.8 Å². The second-order valence-electron chi connectivity index (χ2n) is 3.48. The molecule has 3 heteroatoms. The third-order valence-corrected chi connectivity index (χ3v) is 4.19. The number of hydrogen-bond acceptors (Lipinski definition) is 2. The van der Waals surface area contributed by atoms with Crippen LogP contribution < -0.4 is 5.32 Å². The second kappa shape index (κ2) is 5.69. The molecule has 0 saturated carbocycles. The van der Waals surface area contributed by atoms with Crippen LogP contribution in [0, 0.1) is 6.92 Å². The van der Waals surface area contributed by atoms with Gasteiger partial charge in [-0.25, -0.2) is 0 Å². The lowest BCUT2D eigenvalue weighted by atomic mass is 10.2. The Balaban J connectivity index is 2.41. The van der Waals surface area contributed by atoms with Crippen LogP contribution in [0.15, 0.2) is 22.5 Å². The van der Waals surface area contributed by atoms with E-state index < -0.39 is 0 Å². The molecule has 0 bridgehead atoms. The Morgan fingerprint density at radius 3 is 2.93 bits per heavy atom. The van der Waals surface area contributed by atoms with E-state index in [4.69, 9.17) is 0 Å². The normalized spacial score (nSPS) is 12.8. The molecule has 0 aliphatic rings. The molecule has 78 valence electrons. The second-order valence-corrected chi connectivity index (χ2v) is 5.93. The van der Waals surface area contributed by atoms with Gasteiger partial charge in [0, 0.05) is 17.5 Å². The van der Waals surface area contributed by atoms with Gasteiger partial charge in [-0.3, -0.25) is 0 Å². The van der Waals surface area contributed by atoms with Gasteiger partial charge in [-0.1, -0.05) is 6.08 Å². The van der Waals surface area contributed by atoms with Crippen LogP contribution in [-0.4, -0.2) is 6.04 Å². The maximum Gasteiger partial charge on any atom is 0.0730 e. The predicted molar refractivity (Wildman–Crippen MR) is 67.9 cm³/mol. The summed E-state index contributed by atoms with van der Waals surface area (Å²) in [5.41, 5.74) is 1.32. The molecule has 1 heterocycles. The Bertz CT molecular complexity index is 287. The molecule has 0 radical (unpaired) electrons. The summed E-state index contributed by atoms with van der Waals surface area (Å²) >= 11 is 5.33. The zero-order valence-electron chi connectivity index (χ0n) is 8.64. The highest BCUT2D eigenvalue weighted by Crippen LogP contribution is 2.27. The zero-order valence-corrected chi connectivity index (χ0v) is 11.0. The van der Waals surface area contributed by atoms with Crippen molar-refractivity contribution in [2.75, 3.05) is 0 Å². The summed E-state index contributed by atoms with van der Waals surface area (Å²) in [4.78, 5) is 1.38. The molecule has 0 saturated heterocycles. The summed E-state index contributed by atoms with van der Waals surface area (Å²) in [7, 11) is 0. The third-order valence-electron chi connectivity index (χ3n) is 2.05. The van der Waals surface area contributed by atoms with Crippen LogP contribution >= 0.6 is 27.3 Å². The molecule has 1 N–H and O–H groups in total. The first-order valence-corrected chi connectivity index (χ1v) is 6.33. The Morgan fingerprint density at radius 2 is 2.43 bits per heavy atom. The van der Waals surface area contributed by atoms with Crippen LogP contribution in [0.25, 0.3) is 0 Å². The van der Waals surface area contributed by atoms with E-state index in [2.05, 4.69) is 47.7 Å². The quantitative estimate of drug-likeness (QED) is 0.804. The van der Waals surface area contributed by atoms with Crippen LogP contribution in [0.3, 0.4) is 0 Å². The molecule has 0 spiro atoms. The molecule has 0 aliphatic carbocycles. The van der Waals surface area contributed by atoms with Gasteiger partial charge in [0.05, 0.1) is 3.79 Å². The van der Waals surface area contributed by atoms with Gasteiger partial charge in [0.1, 0.15) is 0 Å². The predicted octanol–water partition coefficient (Wildman–Crippen LogP) is 3.87. The Morgan fingerprint density at radius 1 is 1.71 bits per heavy atom. The topological polar surface area (TPSA) is 12.0 Å². The van der Waals surface area contributed by atoms with E-state index in [1.165, 1.54) is 14.2 Å². The summed E-state index contributed by atoms with van der Waals surface area (Å²) in [5, 5.41) is 3.46. The first kappa shape index (κ1) is 12.0. The maximum atomic E-state index is 3.73. The fourth-order valence-electron chi connectivity index (χ4n) is 1.22. The monoisotopic (exact) mass is 273 g/mol. The van der Waals surface area contributed by atoms with Crippen molar-refractivity contribution < 1.29 is 0 Å². The molecule has 0 amide bonds. The summed E-state index contributed by atoms with van der Waals surface area (Å²) in [6.07, 6.45) is 2.97. The van der Waals surface area contributed by atoms with Crippen LogP contribution in [0.2, 0.25) is 0 Å². The highest BCUT2D eigenvalue weighted by atomic mass is 79.9. The fraction of sp³-hybridized carbons (Fsp3) is 0.455. The lowest BCUT2D eigenvalue weighted by Crippen LogP contribution is -2.24. The molecule has 0 aromatic carbocycles. The van der Waals surface area contributed by atoms with Crippen molar-refractivity contribution in [2.45, 2.75) is 32.9 Å². The van der Waals surface area contributed by atoms with E-state index in [-0.39, 0.29) is 0 Å². The van der Waals surface area contributed by atoms with Crippen LogP contribution in [0.5, 0.6) is 0 Å². The average molecular weight is 274 g/mol. The Kier molecular flexibility index (Phi) is 4.85. The van der Waals surface area contributed by atoms with Crippen LogP contribution in [0.1, 0.15) is 23.8 Å². The van der Waals surface area contributed by atoms with E-state index in [0.29, 0.717) is 6.04 Å². The fourth-order valence-corrected chi connectivity index (χ4v) is 2.80. The van der Waals surface area contributed by atoms with E-state index in [1.807, 2.05) is 6.08 Å². The van der Waals surface area contributed by atoms with Crippen molar-refractivity contribution in [1.82, 2.24) is 5.32 Å². The number of rotatable bonds is 5. The van der Waals surface area contributed by atoms with Crippen molar-refractivity contribution in [2.24, 2.45) is 0 Å². The van der Waals surface area contributed by atoms with Crippen molar-refractivity contribution in [3.63, 3.8) is 0 Å². The largest absolute Gasteiger partial charge is 0.309 e.